The minimum atomic E-state index is -4.28. The zero-order chi connectivity index (χ0) is 23.0. The van der Waals surface area contributed by atoms with E-state index in [1.807, 2.05) is 0 Å². The summed E-state index contributed by atoms with van der Waals surface area (Å²) in [5, 5.41) is 5.51. The maximum Gasteiger partial charge on any atom is 0.294 e. The average Bonchev–Trinajstić information content (AvgIpc) is 3.33. The van der Waals surface area contributed by atoms with Gasteiger partial charge in [0.25, 0.3) is 16.0 Å². The molecule has 0 spiro atoms. The molecule has 0 saturated heterocycles. The van der Waals surface area contributed by atoms with Crippen LogP contribution in [0.3, 0.4) is 0 Å². The molecule has 0 radical (unpaired) electrons. The van der Waals surface area contributed by atoms with Gasteiger partial charge in [0.2, 0.25) is 5.91 Å². The van der Waals surface area contributed by atoms with E-state index in [-0.39, 0.29) is 10.8 Å². The lowest BCUT2D eigenvalue weighted by molar-refractivity contribution is -0.114. The molecule has 4 rings (SSSR count). The first-order valence-corrected chi connectivity index (χ1v) is 10.8. The lowest BCUT2D eigenvalue weighted by Gasteiger charge is -2.11. The van der Waals surface area contributed by atoms with E-state index in [2.05, 4.69) is 5.10 Å². The topological polar surface area (TPSA) is 143 Å². The molecule has 2 amide bonds. The van der Waals surface area contributed by atoms with Gasteiger partial charge in [0.15, 0.2) is 0 Å². The normalized spacial score (nSPS) is 15.3. The van der Waals surface area contributed by atoms with Gasteiger partial charge in [-0.05, 0) is 73.7 Å². The molecule has 0 atom stereocenters. The number of hydrogen-bond donors (Lipinski definition) is 2. The Hall–Kier alpha value is -4.02. The van der Waals surface area contributed by atoms with Crippen LogP contribution in [0.5, 0.6) is 0 Å². The molecule has 0 aliphatic carbocycles. The number of primary amides is 1. The molecule has 162 valence electrons. The predicted octanol–water partition coefficient (Wildman–Crippen LogP) is 3.10. The monoisotopic (exact) mass is 451 g/mol. The van der Waals surface area contributed by atoms with E-state index < -0.39 is 16.0 Å². The number of anilines is 1. The van der Waals surface area contributed by atoms with Crippen LogP contribution >= 0.6 is 0 Å². The number of hydrogen-bond acceptors (Lipinski definition) is 6. The molecule has 32 heavy (non-hydrogen) atoms. The molecule has 0 saturated carbocycles. The van der Waals surface area contributed by atoms with Crippen molar-refractivity contribution in [3.63, 3.8) is 0 Å². The fourth-order valence-electron chi connectivity index (χ4n) is 3.15. The summed E-state index contributed by atoms with van der Waals surface area (Å²) in [5.74, 6) is -0.0593. The highest BCUT2D eigenvalue weighted by Gasteiger charge is 2.29. The lowest BCUT2D eigenvalue weighted by atomic mass is 10.1. The van der Waals surface area contributed by atoms with Gasteiger partial charge in [0, 0.05) is 11.1 Å². The van der Waals surface area contributed by atoms with E-state index in [1.54, 1.807) is 37.3 Å². The van der Waals surface area contributed by atoms with E-state index in [0.717, 1.165) is 0 Å². The Kier molecular flexibility index (Phi) is 5.25. The third-order valence-electron chi connectivity index (χ3n) is 4.81. The molecule has 3 N–H and O–H groups in total. The van der Waals surface area contributed by atoms with E-state index in [1.165, 1.54) is 41.4 Å². The summed E-state index contributed by atoms with van der Waals surface area (Å²) in [7, 11) is -4.28. The molecular weight excluding hydrogens is 434 g/mol. The zero-order valence-corrected chi connectivity index (χ0v) is 17.5. The molecule has 1 aliphatic rings. The second-order valence-corrected chi connectivity index (χ2v) is 8.39. The Morgan fingerprint density at radius 3 is 2.31 bits per heavy atom. The Labute approximate surface area is 183 Å². The summed E-state index contributed by atoms with van der Waals surface area (Å²) in [6, 6.07) is 15.1. The van der Waals surface area contributed by atoms with Gasteiger partial charge in [-0.25, -0.2) is 0 Å². The summed E-state index contributed by atoms with van der Waals surface area (Å²) in [5.41, 5.74) is 7.48. The van der Waals surface area contributed by atoms with Crippen molar-refractivity contribution < 1.29 is 27.0 Å². The fraction of sp³-hybridized carbons (Fsp3) is 0.0455. The molecule has 1 aliphatic heterocycles. The molecule has 0 fully saturated rings. The van der Waals surface area contributed by atoms with Crippen LogP contribution in [-0.2, 0) is 14.9 Å². The smallest absolute Gasteiger partial charge is 0.294 e. The van der Waals surface area contributed by atoms with Gasteiger partial charge in [0.1, 0.15) is 11.5 Å². The van der Waals surface area contributed by atoms with Crippen molar-refractivity contribution in [1.82, 2.24) is 0 Å². The van der Waals surface area contributed by atoms with Crippen LogP contribution in [0.4, 0.5) is 5.69 Å². The minimum absolute atomic E-state index is 0.220. The van der Waals surface area contributed by atoms with Gasteiger partial charge < -0.3 is 10.2 Å². The van der Waals surface area contributed by atoms with Gasteiger partial charge in [-0.1, -0.05) is 0 Å². The van der Waals surface area contributed by atoms with Gasteiger partial charge >= 0.3 is 0 Å². The molecule has 0 unspecified atom stereocenters. The number of amides is 2. The SMILES string of the molecule is CC1=NN(c2ccc(C(N)=O)cc2)C(=O)/C1=C/c1ccc(-c2ccc(S(=O)(=O)O)cc2)o1. The van der Waals surface area contributed by atoms with E-state index in [9.17, 15) is 18.0 Å². The first-order valence-electron chi connectivity index (χ1n) is 9.33. The molecule has 3 aromatic rings. The Balaban J connectivity index is 1.57. The fourth-order valence-corrected chi connectivity index (χ4v) is 3.63. The van der Waals surface area contributed by atoms with Gasteiger partial charge in [-0.15, -0.1) is 0 Å². The number of carbonyl (C=O) groups excluding carboxylic acids is 2. The van der Waals surface area contributed by atoms with Gasteiger partial charge in [0.05, 0.1) is 21.9 Å². The third-order valence-corrected chi connectivity index (χ3v) is 5.68. The number of nitrogens with zero attached hydrogens (tertiary/aromatic N) is 2. The van der Waals surface area contributed by atoms with Crippen LogP contribution in [0.1, 0.15) is 23.0 Å². The summed E-state index contributed by atoms with van der Waals surface area (Å²) in [4.78, 5) is 23.9. The predicted molar refractivity (Wildman–Crippen MR) is 117 cm³/mol. The minimum Gasteiger partial charge on any atom is -0.457 e. The molecule has 2 heterocycles. The third kappa shape index (κ3) is 4.09. The molecule has 1 aromatic heterocycles. The maximum absolute atomic E-state index is 12.9. The summed E-state index contributed by atoms with van der Waals surface area (Å²) in [6.45, 7) is 1.69. The number of benzene rings is 2. The highest BCUT2D eigenvalue weighted by Crippen LogP contribution is 2.28. The quantitative estimate of drug-likeness (QED) is 0.451. The van der Waals surface area contributed by atoms with Gasteiger partial charge in [-0.2, -0.15) is 18.5 Å². The van der Waals surface area contributed by atoms with Crippen LogP contribution in [-0.4, -0.2) is 30.5 Å². The number of rotatable bonds is 5. The van der Waals surface area contributed by atoms with E-state index in [0.29, 0.717) is 39.6 Å². The maximum atomic E-state index is 12.9. The number of nitrogens with two attached hydrogens (primary N) is 1. The van der Waals surface area contributed by atoms with Gasteiger partial charge in [-0.3, -0.25) is 14.1 Å². The molecule has 0 bridgehead atoms. The standard InChI is InChI=1S/C22H17N3O6S/c1-13-19(22(27)25(24-13)16-6-2-15(3-7-16)21(23)26)12-17-8-11-20(31-17)14-4-9-18(10-5-14)32(28,29)30/h2-12H,1H3,(H2,23,26)(H,28,29,30)/b19-12+. The van der Waals surface area contributed by atoms with Crippen molar-refractivity contribution in [2.45, 2.75) is 11.8 Å². The number of hydrazone groups is 1. The second kappa shape index (κ2) is 7.91. The number of carbonyl (C=O) groups is 2. The first kappa shape index (κ1) is 21.2. The van der Waals surface area contributed by atoms with E-state index in [4.69, 9.17) is 14.7 Å². The Bertz CT molecular complexity index is 1380. The van der Waals surface area contributed by atoms with Crippen molar-refractivity contribution >= 4 is 39.4 Å². The molecule has 9 nitrogen and oxygen atoms in total. The zero-order valence-electron chi connectivity index (χ0n) is 16.7. The Morgan fingerprint density at radius 2 is 1.72 bits per heavy atom. The lowest BCUT2D eigenvalue weighted by Crippen LogP contribution is -2.21. The van der Waals surface area contributed by atoms with E-state index >= 15 is 0 Å². The number of furan rings is 1. The van der Waals surface area contributed by atoms with Crippen LogP contribution in [0.15, 0.2) is 80.7 Å². The first-order chi connectivity index (χ1) is 15.1. The summed E-state index contributed by atoms with van der Waals surface area (Å²) in [6.07, 6.45) is 1.56. The summed E-state index contributed by atoms with van der Waals surface area (Å²) < 4.78 is 37.2. The highest BCUT2D eigenvalue weighted by molar-refractivity contribution is 7.85. The average molecular weight is 451 g/mol. The van der Waals surface area contributed by atoms with Crippen molar-refractivity contribution in [3.8, 4) is 11.3 Å². The van der Waals surface area contributed by atoms with Crippen molar-refractivity contribution in [2.75, 3.05) is 5.01 Å². The Morgan fingerprint density at radius 1 is 1.06 bits per heavy atom. The van der Waals surface area contributed by atoms with Crippen molar-refractivity contribution in [3.05, 3.63) is 77.6 Å². The molecule has 2 aromatic carbocycles. The highest BCUT2D eigenvalue weighted by atomic mass is 32.2. The molecular formula is C22H17N3O6S. The largest absolute Gasteiger partial charge is 0.457 e. The van der Waals surface area contributed by atoms with Crippen molar-refractivity contribution in [2.24, 2.45) is 10.8 Å². The van der Waals surface area contributed by atoms with Crippen LogP contribution in [0, 0.1) is 0 Å². The van der Waals surface area contributed by atoms with Crippen LogP contribution in [0.25, 0.3) is 17.4 Å². The summed E-state index contributed by atoms with van der Waals surface area (Å²) >= 11 is 0. The van der Waals surface area contributed by atoms with Crippen LogP contribution in [0.2, 0.25) is 0 Å². The molecule has 10 heteroatoms. The second-order valence-electron chi connectivity index (χ2n) is 6.97. The van der Waals surface area contributed by atoms with Crippen molar-refractivity contribution in [1.29, 1.82) is 0 Å². The van der Waals surface area contributed by atoms with Crippen LogP contribution < -0.4 is 10.7 Å².